The minimum atomic E-state index is 0.488. The molecule has 0 aromatic heterocycles. The number of hydrogen-bond acceptors (Lipinski definition) is 2. The number of hydroxylamine groups is 2. The van der Waals surface area contributed by atoms with Gasteiger partial charge in [0.25, 0.3) is 0 Å². The Morgan fingerprint density at radius 2 is 1.94 bits per heavy atom. The van der Waals surface area contributed by atoms with E-state index in [1.54, 1.807) is 0 Å². The highest BCUT2D eigenvalue weighted by atomic mass is 16.7. The van der Waals surface area contributed by atoms with Crippen LogP contribution in [0.2, 0.25) is 0 Å². The van der Waals surface area contributed by atoms with E-state index in [1.165, 1.54) is 31.2 Å². The van der Waals surface area contributed by atoms with Crippen LogP contribution in [0.3, 0.4) is 0 Å². The lowest BCUT2D eigenvalue weighted by Gasteiger charge is -2.26. The molecule has 0 radical (unpaired) electrons. The summed E-state index contributed by atoms with van der Waals surface area (Å²) >= 11 is 0. The van der Waals surface area contributed by atoms with E-state index in [2.05, 4.69) is 42.4 Å². The Hall–Kier alpha value is -0.860. The fourth-order valence-corrected chi connectivity index (χ4v) is 3.39. The van der Waals surface area contributed by atoms with Gasteiger partial charge in [-0.25, -0.2) is 0 Å². The van der Waals surface area contributed by atoms with Crippen LogP contribution in [0, 0.1) is 5.92 Å². The number of hydrogen-bond donors (Lipinski definition) is 0. The van der Waals surface area contributed by atoms with Crippen molar-refractivity contribution in [3.8, 4) is 0 Å². The molecule has 3 atom stereocenters. The molecule has 2 fully saturated rings. The second-order valence-electron chi connectivity index (χ2n) is 5.40. The van der Waals surface area contributed by atoms with Crippen molar-refractivity contribution in [3.63, 3.8) is 0 Å². The van der Waals surface area contributed by atoms with Crippen LogP contribution in [0.4, 0.5) is 0 Å². The molecule has 3 unspecified atom stereocenters. The van der Waals surface area contributed by atoms with Gasteiger partial charge < -0.3 is 0 Å². The summed E-state index contributed by atoms with van der Waals surface area (Å²) in [5, 5.41) is 2.12. The van der Waals surface area contributed by atoms with Gasteiger partial charge in [-0.3, -0.25) is 4.84 Å². The molecule has 17 heavy (non-hydrogen) atoms. The SMILES string of the molecule is CN1OC2CCCCC2C1Cc1ccccc1. The molecule has 1 aliphatic heterocycles. The molecule has 3 rings (SSSR count). The van der Waals surface area contributed by atoms with E-state index in [0.29, 0.717) is 12.1 Å². The highest BCUT2D eigenvalue weighted by Gasteiger charge is 2.42. The number of fused-ring (bicyclic) bond motifs is 1. The van der Waals surface area contributed by atoms with Gasteiger partial charge in [-0.05, 0) is 24.8 Å². The fourth-order valence-electron chi connectivity index (χ4n) is 3.39. The quantitative estimate of drug-likeness (QED) is 0.775. The molecule has 92 valence electrons. The molecule has 1 saturated carbocycles. The second kappa shape index (κ2) is 4.79. The van der Waals surface area contributed by atoms with Crippen molar-refractivity contribution in [1.29, 1.82) is 0 Å². The first-order chi connectivity index (χ1) is 8.34. The van der Waals surface area contributed by atoms with Gasteiger partial charge in [0, 0.05) is 19.0 Å². The Labute approximate surface area is 104 Å². The topological polar surface area (TPSA) is 12.5 Å². The van der Waals surface area contributed by atoms with Gasteiger partial charge in [-0.1, -0.05) is 43.2 Å². The van der Waals surface area contributed by atoms with Gasteiger partial charge in [-0.2, -0.15) is 5.06 Å². The van der Waals surface area contributed by atoms with E-state index < -0.39 is 0 Å². The van der Waals surface area contributed by atoms with Crippen molar-refractivity contribution in [2.24, 2.45) is 5.92 Å². The summed E-state index contributed by atoms with van der Waals surface area (Å²) in [6.45, 7) is 0. The van der Waals surface area contributed by atoms with Crippen LogP contribution >= 0.6 is 0 Å². The maximum atomic E-state index is 5.98. The first-order valence-electron chi connectivity index (χ1n) is 6.78. The van der Waals surface area contributed by atoms with E-state index in [1.807, 2.05) is 0 Å². The molecule has 2 nitrogen and oxygen atoms in total. The maximum absolute atomic E-state index is 5.98. The standard InChI is InChI=1S/C15H21NO/c1-16-14(11-12-7-3-2-4-8-12)13-9-5-6-10-15(13)17-16/h2-4,7-8,13-15H,5-6,9-11H2,1H3. The predicted molar refractivity (Wildman–Crippen MR) is 68.5 cm³/mol. The number of benzene rings is 1. The van der Waals surface area contributed by atoms with Gasteiger partial charge in [0.2, 0.25) is 0 Å². The van der Waals surface area contributed by atoms with Crippen LogP contribution < -0.4 is 0 Å². The molecule has 1 aliphatic carbocycles. The molecule has 0 spiro atoms. The first kappa shape index (κ1) is 11.2. The number of rotatable bonds is 2. The molecule has 2 heteroatoms. The molecule has 1 heterocycles. The Morgan fingerprint density at radius 1 is 1.18 bits per heavy atom. The van der Waals surface area contributed by atoms with Gasteiger partial charge in [-0.15, -0.1) is 0 Å². The van der Waals surface area contributed by atoms with E-state index in [0.717, 1.165) is 12.3 Å². The van der Waals surface area contributed by atoms with E-state index >= 15 is 0 Å². The number of likely N-dealkylation sites (N-methyl/N-ethyl adjacent to an activating group) is 1. The van der Waals surface area contributed by atoms with Crippen molar-refractivity contribution >= 4 is 0 Å². The summed E-state index contributed by atoms with van der Waals surface area (Å²) in [4.78, 5) is 5.98. The third kappa shape index (κ3) is 2.24. The molecular weight excluding hydrogens is 210 g/mol. The van der Waals surface area contributed by atoms with Crippen LogP contribution in [0.15, 0.2) is 30.3 Å². The summed E-state index contributed by atoms with van der Waals surface area (Å²) in [6, 6.07) is 11.4. The van der Waals surface area contributed by atoms with Crippen LogP contribution in [0.5, 0.6) is 0 Å². The van der Waals surface area contributed by atoms with Crippen molar-refractivity contribution in [2.75, 3.05) is 7.05 Å². The van der Waals surface area contributed by atoms with Crippen molar-refractivity contribution < 1.29 is 4.84 Å². The molecule has 0 bridgehead atoms. The Kier molecular flexibility index (Phi) is 3.17. The van der Waals surface area contributed by atoms with Crippen molar-refractivity contribution in [3.05, 3.63) is 35.9 Å². The van der Waals surface area contributed by atoms with Crippen molar-refractivity contribution in [1.82, 2.24) is 5.06 Å². The molecule has 1 saturated heterocycles. The lowest BCUT2D eigenvalue weighted by molar-refractivity contribution is -0.146. The Balaban J connectivity index is 1.73. The summed E-state index contributed by atoms with van der Waals surface area (Å²) in [5.41, 5.74) is 1.43. The summed E-state index contributed by atoms with van der Waals surface area (Å²) in [6.07, 6.45) is 6.92. The summed E-state index contributed by atoms with van der Waals surface area (Å²) in [7, 11) is 2.10. The first-order valence-corrected chi connectivity index (χ1v) is 6.78. The second-order valence-corrected chi connectivity index (χ2v) is 5.40. The van der Waals surface area contributed by atoms with Crippen LogP contribution in [0.25, 0.3) is 0 Å². The highest BCUT2D eigenvalue weighted by Crippen LogP contribution is 2.38. The van der Waals surface area contributed by atoms with E-state index in [4.69, 9.17) is 4.84 Å². The van der Waals surface area contributed by atoms with Gasteiger partial charge in [0.15, 0.2) is 0 Å². The fraction of sp³-hybridized carbons (Fsp3) is 0.600. The lowest BCUT2D eigenvalue weighted by atomic mass is 9.80. The van der Waals surface area contributed by atoms with Gasteiger partial charge >= 0.3 is 0 Å². The minimum Gasteiger partial charge on any atom is -0.295 e. The van der Waals surface area contributed by atoms with E-state index in [-0.39, 0.29) is 0 Å². The zero-order valence-corrected chi connectivity index (χ0v) is 10.5. The molecule has 0 amide bonds. The molecule has 1 aromatic carbocycles. The predicted octanol–water partition coefficient (Wildman–Crippen LogP) is 3.03. The third-order valence-electron chi connectivity index (χ3n) is 4.30. The average molecular weight is 231 g/mol. The molecular formula is C15H21NO. The maximum Gasteiger partial charge on any atom is 0.0837 e. The van der Waals surface area contributed by atoms with Crippen molar-refractivity contribution in [2.45, 2.75) is 44.2 Å². The number of nitrogens with zero attached hydrogens (tertiary/aromatic N) is 1. The summed E-state index contributed by atoms with van der Waals surface area (Å²) in [5.74, 6) is 0.744. The van der Waals surface area contributed by atoms with Crippen LogP contribution in [-0.4, -0.2) is 24.3 Å². The smallest absolute Gasteiger partial charge is 0.0837 e. The molecule has 0 N–H and O–H groups in total. The van der Waals surface area contributed by atoms with Gasteiger partial charge in [0.1, 0.15) is 0 Å². The molecule has 1 aromatic rings. The van der Waals surface area contributed by atoms with Crippen LogP contribution in [-0.2, 0) is 11.3 Å². The monoisotopic (exact) mass is 231 g/mol. The summed E-state index contributed by atoms with van der Waals surface area (Å²) < 4.78 is 0. The average Bonchev–Trinajstić information content (AvgIpc) is 2.68. The van der Waals surface area contributed by atoms with Crippen LogP contribution in [0.1, 0.15) is 31.2 Å². The third-order valence-corrected chi connectivity index (χ3v) is 4.30. The molecule has 2 aliphatic rings. The minimum absolute atomic E-state index is 0.488. The van der Waals surface area contributed by atoms with Gasteiger partial charge in [0.05, 0.1) is 6.10 Å². The zero-order chi connectivity index (χ0) is 11.7. The zero-order valence-electron chi connectivity index (χ0n) is 10.5. The van der Waals surface area contributed by atoms with E-state index in [9.17, 15) is 0 Å². The Bertz CT molecular complexity index is 364. The lowest BCUT2D eigenvalue weighted by Crippen LogP contribution is -2.32. The Morgan fingerprint density at radius 3 is 2.76 bits per heavy atom. The normalized spacial score (nSPS) is 33.6. The highest BCUT2D eigenvalue weighted by molar-refractivity contribution is 5.16. The largest absolute Gasteiger partial charge is 0.295 e.